The first-order valence-electron chi connectivity index (χ1n) is 9.18. The minimum atomic E-state index is -4.69. The van der Waals surface area contributed by atoms with Crippen molar-refractivity contribution in [3.8, 4) is 0 Å². The molecule has 14 heteroatoms. The van der Waals surface area contributed by atoms with Crippen molar-refractivity contribution in [2.24, 2.45) is 0 Å². The van der Waals surface area contributed by atoms with Crippen LogP contribution in [0.2, 0.25) is 0 Å². The standard InChI is InChI=1S/C18H15Cl9Ge2Si3/c19-30(20,21)29(31(22,23)24,32(25,26)27)28(16-10-4-1-5-11-16,17-12-6-2-7-13-17)18-14-8-3-9-15-18/h1-15H. The Labute approximate surface area is 235 Å². The van der Waals surface area contributed by atoms with Crippen LogP contribution in [0, 0.1) is 0 Å². The molecule has 32 heavy (non-hydrogen) atoms. The third-order valence-electron chi connectivity index (χ3n) is 5.46. The van der Waals surface area contributed by atoms with Gasteiger partial charge in [0.2, 0.25) is 0 Å². The van der Waals surface area contributed by atoms with E-state index < -0.39 is 34.2 Å². The molecule has 0 saturated carbocycles. The van der Waals surface area contributed by atoms with Crippen LogP contribution >= 0.6 is 99.7 Å². The molecule has 0 atom stereocenters. The Morgan fingerprint density at radius 1 is 0.375 bits per heavy atom. The summed E-state index contributed by atoms with van der Waals surface area (Å²) in [6.45, 7) is 0. The maximum atomic E-state index is 7.02. The molecule has 0 aromatic heterocycles. The van der Waals surface area contributed by atoms with Gasteiger partial charge in [-0.05, 0) is 0 Å². The van der Waals surface area contributed by atoms with Crippen LogP contribution < -0.4 is 13.2 Å². The van der Waals surface area contributed by atoms with Crippen molar-refractivity contribution in [2.45, 2.75) is 0 Å². The maximum absolute atomic E-state index is 7.02. The summed E-state index contributed by atoms with van der Waals surface area (Å²) < 4.78 is -8.70. The number of hydrogen-bond acceptors (Lipinski definition) is 0. The number of benzene rings is 3. The van der Waals surface area contributed by atoms with Gasteiger partial charge in [-0.3, -0.25) is 0 Å². The fourth-order valence-electron chi connectivity index (χ4n) is 4.33. The van der Waals surface area contributed by atoms with Gasteiger partial charge in [0.1, 0.15) is 0 Å². The van der Waals surface area contributed by atoms with E-state index in [0.717, 1.165) is 13.2 Å². The minimum absolute atomic E-state index is 0.973. The van der Waals surface area contributed by atoms with Crippen LogP contribution in [0.4, 0.5) is 0 Å². The SMILES string of the molecule is Cl[Si](Cl)(Cl)[Ge]([Si](Cl)(Cl)Cl)([Si](Cl)(Cl)Cl)[Ge]([c]1ccccc1)([c]1ccccc1)[c]1ccccc1. The van der Waals surface area contributed by atoms with Gasteiger partial charge >= 0.3 is 238 Å². The van der Waals surface area contributed by atoms with Crippen molar-refractivity contribution >= 4 is 147 Å². The Hall–Kier alpha value is 2.01. The topological polar surface area (TPSA) is 0 Å². The molecule has 3 aromatic carbocycles. The first-order valence-corrected chi connectivity index (χ1v) is 43.4. The molecular weight excluding hydrogens is 765 g/mol. The van der Waals surface area contributed by atoms with E-state index in [-0.39, 0.29) is 0 Å². The van der Waals surface area contributed by atoms with Crippen LogP contribution in [0.5, 0.6) is 0 Å². The van der Waals surface area contributed by atoms with E-state index in [2.05, 4.69) is 0 Å². The molecule has 0 aliphatic heterocycles. The molecule has 0 fully saturated rings. The average molecular weight is 780 g/mol. The van der Waals surface area contributed by atoms with Gasteiger partial charge in [-0.15, -0.1) is 0 Å². The van der Waals surface area contributed by atoms with Crippen molar-refractivity contribution in [2.75, 3.05) is 0 Å². The first kappa shape index (κ1) is 28.6. The molecule has 0 aliphatic rings. The summed E-state index contributed by atoms with van der Waals surface area (Å²) in [6, 6.07) is 29.5. The molecule has 170 valence electrons. The molecule has 0 N–H and O–H groups in total. The molecule has 3 aromatic rings. The molecule has 0 bridgehead atoms. The molecule has 0 spiro atoms. The van der Waals surface area contributed by atoms with Gasteiger partial charge in [0.15, 0.2) is 0 Å². The van der Waals surface area contributed by atoms with Crippen molar-refractivity contribution in [1.29, 1.82) is 0 Å². The quantitative estimate of drug-likeness (QED) is 0.181. The summed E-state index contributed by atoms with van der Waals surface area (Å²) in [7, 11) is -4.69. The van der Waals surface area contributed by atoms with E-state index in [1.54, 1.807) is 0 Å². The second-order valence-electron chi connectivity index (χ2n) is 7.09. The molecule has 0 nitrogen and oxygen atoms in total. The second-order valence-corrected chi connectivity index (χ2v) is 125. The zero-order valence-corrected chi connectivity index (χ0v) is 30.1. The summed E-state index contributed by atoms with van der Waals surface area (Å²) in [5.41, 5.74) is 0. The molecule has 0 saturated heterocycles. The molecule has 0 aliphatic carbocycles. The van der Waals surface area contributed by atoms with Crippen LogP contribution in [-0.4, -0.2) is 34.2 Å². The number of hydrogen-bond donors (Lipinski definition) is 0. The second kappa shape index (κ2) is 10.8. The molecular formula is C18H15Cl9Ge2Si3. The molecule has 0 unspecified atom stereocenters. The van der Waals surface area contributed by atoms with Crippen LogP contribution in [0.15, 0.2) is 91.0 Å². The van der Waals surface area contributed by atoms with Crippen molar-refractivity contribution in [3.63, 3.8) is 0 Å². The number of rotatable bonds is 7. The van der Waals surface area contributed by atoms with Crippen LogP contribution in [0.25, 0.3) is 0 Å². The van der Waals surface area contributed by atoms with E-state index in [9.17, 15) is 0 Å². The van der Waals surface area contributed by atoms with Gasteiger partial charge in [-0.25, -0.2) is 0 Å². The van der Waals surface area contributed by atoms with Crippen molar-refractivity contribution in [3.05, 3.63) is 91.0 Å². The average Bonchev–Trinajstić information content (AvgIpc) is 2.71. The monoisotopic (exact) mass is 778 g/mol. The van der Waals surface area contributed by atoms with E-state index >= 15 is 0 Å². The van der Waals surface area contributed by atoms with E-state index in [4.69, 9.17) is 99.7 Å². The Bertz CT molecular complexity index is 908. The van der Waals surface area contributed by atoms with E-state index in [1.807, 2.05) is 91.0 Å². The van der Waals surface area contributed by atoms with Gasteiger partial charge < -0.3 is 0 Å². The third-order valence-corrected chi connectivity index (χ3v) is 289. The summed E-state index contributed by atoms with van der Waals surface area (Å²) in [6.07, 6.45) is 0. The van der Waals surface area contributed by atoms with E-state index in [1.165, 1.54) is 0 Å². The van der Waals surface area contributed by atoms with E-state index in [0.29, 0.717) is 0 Å². The van der Waals surface area contributed by atoms with Crippen molar-refractivity contribution in [1.82, 2.24) is 0 Å². The summed E-state index contributed by atoms with van der Waals surface area (Å²) in [5.74, 6) is 0. The van der Waals surface area contributed by atoms with Crippen LogP contribution in [0.1, 0.15) is 0 Å². The normalized spacial score (nSPS) is 13.8. The molecule has 0 amide bonds. The predicted octanol–water partition coefficient (Wildman–Crippen LogP) is 6.89. The van der Waals surface area contributed by atoms with Gasteiger partial charge in [0.25, 0.3) is 0 Å². The Kier molecular flexibility index (Phi) is 9.63. The zero-order valence-electron chi connectivity index (χ0n) is 16.1. The fraction of sp³-hybridized carbons (Fsp3) is 0. The molecule has 3 rings (SSSR count). The summed E-state index contributed by atoms with van der Waals surface area (Å²) >= 11 is 59.0. The van der Waals surface area contributed by atoms with Gasteiger partial charge in [-0.2, -0.15) is 0 Å². The van der Waals surface area contributed by atoms with Crippen LogP contribution in [-0.2, 0) is 0 Å². The summed E-state index contributed by atoms with van der Waals surface area (Å²) in [4.78, 5) is 0. The zero-order chi connectivity index (χ0) is 23.8. The Morgan fingerprint density at radius 3 is 0.781 bits per heavy atom. The molecule has 0 radical (unpaired) electrons. The first-order chi connectivity index (χ1) is 14.8. The van der Waals surface area contributed by atoms with Crippen LogP contribution in [0.3, 0.4) is 0 Å². The predicted molar refractivity (Wildman–Crippen MR) is 160 cm³/mol. The molecule has 0 heterocycles. The third kappa shape index (κ3) is 4.81. The van der Waals surface area contributed by atoms with Gasteiger partial charge in [0, 0.05) is 0 Å². The Balaban J connectivity index is 2.74. The summed E-state index contributed by atoms with van der Waals surface area (Å²) in [5, 5.41) is 0. The Morgan fingerprint density at radius 2 is 0.594 bits per heavy atom. The van der Waals surface area contributed by atoms with Gasteiger partial charge in [0.05, 0.1) is 0 Å². The fourth-order valence-corrected chi connectivity index (χ4v) is 425. The van der Waals surface area contributed by atoms with Crippen molar-refractivity contribution < 1.29 is 0 Å². The van der Waals surface area contributed by atoms with Gasteiger partial charge in [-0.1, -0.05) is 0 Å². The number of halogens is 9.